The molecule has 0 radical (unpaired) electrons. The molecule has 0 aliphatic rings. The van der Waals surface area contributed by atoms with Crippen LogP contribution in [0.1, 0.15) is 13.3 Å². The molecule has 0 aromatic rings. The summed E-state index contributed by atoms with van der Waals surface area (Å²) in [5.41, 5.74) is -5.49. The Morgan fingerprint density at radius 1 is 1.16 bits per heavy atom. The van der Waals surface area contributed by atoms with Crippen LogP contribution in [0.5, 0.6) is 0 Å². The SMILES string of the molecule is C=C[C@H](O)OC(CC)[C@@H](O)OC(CS(=O)(=O)[O-])(C(F)(F)F)C(F)(F)F. The molecular weight excluding hydrogens is 390 g/mol. The molecule has 0 saturated carbocycles. The van der Waals surface area contributed by atoms with Crippen molar-refractivity contribution in [1.29, 1.82) is 0 Å². The summed E-state index contributed by atoms with van der Waals surface area (Å²) in [7, 11) is -6.09. The van der Waals surface area contributed by atoms with Gasteiger partial charge in [-0.25, -0.2) is 8.42 Å². The highest BCUT2D eigenvalue weighted by Gasteiger charge is 2.74. The van der Waals surface area contributed by atoms with E-state index in [1.807, 2.05) is 0 Å². The fourth-order valence-corrected chi connectivity index (χ4v) is 2.52. The average molecular weight is 405 g/mol. The van der Waals surface area contributed by atoms with Gasteiger partial charge in [0.1, 0.15) is 6.10 Å². The van der Waals surface area contributed by atoms with E-state index in [-0.39, 0.29) is 0 Å². The van der Waals surface area contributed by atoms with Crippen LogP contribution in [0, 0.1) is 0 Å². The van der Waals surface area contributed by atoms with Gasteiger partial charge in [-0.3, -0.25) is 0 Å². The van der Waals surface area contributed by atoms with E-state index in [1.54, 1.807) is 0 Å². The zero-order valence-corrected chi connectivity index (χ0v) is 13.4. The van der Waals surface area contributed by atoms with E-state index in [2.05, 4.69) is 16.1 Å². The number of alkyl halides is 6. The van der Waals surface area contributed by atoms with Gasteiger partial charge in [0, 0.05) is 0 Å². The molecule has 0 amide bonds. The van der Waals surface area contributed by atoms with Crippen LogP contribution in [0.2, 0.25) is 0 Å². The molecule has 150 valence electrons. The largest absolute Gasteiger partial charge is 0.748 e. The van der Waals surface area contributed by atoms with E-state index < -0.39 is 58.9 Å². The van der Waals surface area contributed by atoms with Crippen molar-refractivity contribution >= 4 is 10.1 Å². The molecule has 7 nitrogen and oxygen atoms in total. The van der Waals surface area contributed by atoms with Crippen LogP contribution >= 0.6 is 0 Å². The van der Waals surface area contributed by atoms with E-state index in [0.29, 0.717) is 6.08 Å². The molecule has 0 bridgehead atoms. The van der Waals surface area contributed by atoms with Crippen molar-refractivity contribution in [3.8, 4) is 0 Å². The minimum atomic E-state index is -6.42. The summed E-state index contributed by atoms with van der Waals surface area (Å²) in [5, 5.41) is 18.6. The van der Waals surface area contributed by atoms with E-state index in [4.69, 9.17) is 5.11 Å². The summed E-state index contributed by atoms with van der Waals surface area (Å²) in [5.74, 6) is -3.05. The van der Waals surface area contributed by atoms with Gasteiger partial charge in [0.05, 0.1) is 15.9 Å². The predicted octanol–water partition coefficient (Wildman–Crippen LogP) is 1.03. The monoisotopic (exact) mass is 405 g/mol. The molecule has 2 N–H and O–H groups in total. The van der Waals surface area contributed by atoms with Crippen LogP contribution in [0.4, 0.5) is 26.3 Å². The molecule has 0 aromatic carbocycles. The molecule has 0 spiro atoms. The normalized spacial score (nSPS) is 17.8. The van der Waals surface area contributed by atoms with Crippen LogP contribution in [0.25, 0.3) is 0 Å². The Hall–Kier alpha value is -0.930. The smallest absolute Gasteiger partial charge is 0.427 e. The van der Waals surface area contributed by atoms with Crippen molar-refractivity contribution in [3.63, 3.8) is 0 Å². The van der Waals surface area contributed by atoms with Gasteiger partial charge < -0.3 is 24.2 Å². The van der Waals surface area contributed by atoms with E-state index >= 15 is 0 Å². The molecule has 0 heterocycles. The van der Waals surface area contributed by atoms with Crippen LogP contribution in [-0.2, 0) is 19.6 Å². The van der Waals surface area contributed by atoms with Gasteiger partial charge in [-0.1, -0.05) is 13.5 Å². The Morgan fingerprint density at radius 2 is 1.60 bits per heavy atom. The molecule has 0 saturated heterocycles. The van der Waals surface area contributed by atoms with Crippen molar-refractivity contribution < 1.29 is 59.0 Å². The lowest BCUT2D eigenvalue weighted by atomic mass is 10.1. The molecule has 1 unspecified atom stereocenters. The fourth-order valence-electron chi connectivity index (χ4n) is 1.62. The summed E-state index contributed by atoms with van der Waals surface area (Å²) < 4.78 is 118. The Bertz CT molecular complexity index is 530. The minimum absolute atomic E-state index is 0.442. The number of halogens is 6. The first-order chi connectivity index (χ1) is 11.0. The van der Waals surface area contributed by atoms with E-state index in [9.17, 15) is 44.4 Å². The Kier molecular flexibility index (Phi) is 7.87. The molecule has 0 aromatic heterocycles. The van der Waals surface area contributed by atoms with Gasteiger partial charge in [0.15, 0.2) is 12.6 Å². The zero-order valence-electron chi connectivity index (χ0n) is 12.5. The third kappa shape index (κ3) is 6.38. The first kappa shape index (κ1) is 24.1. The maximum absolute atomic E-state index is 13.0. The third-order valence-electron chi connectivity index (χ3n) is 2.85. The average Bonchev–Trinajstić information content (AvgIpc) is 2.39. The summed E-state index contributed by atoms with van der Waals surface area (Å²) in [6.45, 7) is 4.18. The fraction of sp³-hybridized carbons (Fsp3) is 0.818. The van der Waals surface area contributed by atoms with Crippen molar-refractivity contribution in [2.45, 2.75) is 50.0 Å². The highest BCUT2D eigenvalue weighted by atomic mass is 32.2. The maximum atomic E-state index is 13.0. The number of aliphatic hydroxyl groups is 2. The summed E-state index contributed by atoms with van der Waals surface area (Å²) in [6.07, 6.45) is -19.3. The predicted molar refractivity (Wildman–Crippen MR) is 67.9 cm³/mol. The highest BCUT2D eigenvalue weighted by Crippen LogP contribution is 2.47. The Balaban J connectivity index is 5.96. The van der Waals surface area contributed by atoms with Crippen molar-refractivity contribution in [1.82, 2.24) is 0 Å². The molecule has 0 aliphatic heterocycles. The van der Waals surface area contributed by atoms with Crippen LogP contribution in [-0.4, -0.2) is 65.6 Å². The molecule has 25 heavy (non-hydrogen) atoms. The van der Waals surface area contributed by atoms with E-state index in [1.165, 1.54) is 0 Å². The molecular formula is C11H15F6O7S-. The van der Waals surface area contributed by atoms with Crippen LogP contribution in [0.3, 0.4) is 0 Å². The molecule has 0 aliphatic carbocycles. The second-order valence-corrected chi connectivity index (χ2v) is 6.15. The Labute approximate surface area is 138 Å². The second kappa shape index (κ2) is 8.18. The molecule has 0 rings (SSSR count). The summed E-state index contributed by atoms with van der Waals surface area (Å²) >= 11 is 0. The van der Waals surface area contributed by atoms with Crippen LogP contribution in [0.15, 0.2) is 12.7 Å². The number of ether oxygens (including phenoxy) is 2. The number of hydrogen-bond acceptors (Lipinski definition) is 7. The first-order valence-electron chi connectivity index (χ1n) is 6.39. The summed E-state index contributed by atoms with van der Waals surface area (Å²) in [4.78, 5) is 0. The lowest BCUT2D eigenvalue weighted by Gasteiger charge is -2.40. The quantitative estimate of drug-likeness (QED) is 0.255. The molecule has 14 heteroatoms. The van der Waals surface area contributed by atoms with Gasteiger partial charge in [-0.15, -0.1) is 0 Å². The number of hydrogen-bond donors (Lipinski definition) is 2. The lowest BCUT2D eigenvalue weighted by molar-refractivity contribution is -0.407. The molecule has 3 atom stereocenters. The minimum Gasteiger partial charge on any atom is -0.748 e. The zero-order chi connectivity index (χ0) is 20.3. The van der Waals surface area contributed by atoms with Crippen molar-refractivity contribution in [2.24, 2.45) is 0 Å². The lowest BCUT2D eigenvalue weighted by Crippen LogP contribution is -2.64. The van der Waals surface area contributed by atoms with Crippen molar-refractivity contribution in [2.75, 3.05) is 5.75 Å². The van der Waals surface area contributed by atoms with Gasteiger partial charge in [-0.2, -0.15) is 26.3 Å². The highest BCUT2D eigenvalue weighted by molar-refractivity contribution is 7.85. The van der Waals surface area contributed by atoms with Gasteiger partial charge in [-0.05, 0) is 12.5 Å². The second-order valence-electron chi connectivity index (χ2n) is 4.74. The third-order valence-corrected chi connectivity index (χ3v) is 3.61. The Morgan fingerprint density at radius 3 is 1.88 bits per heavy atom. The van der Waals surface area contributed by atoms with Crippen molar-refractivity contribution in [3.05, 3.63) is 12.7 Å². The topological polar surface area (TPSA) is 116 Å². The maximum Gasteiger partial charge on any atom is 0.427 e. The number of rotatable bonds is 9. The molecule has 0 fully saturated rings. The van der Waals surface area contributed by atoms with Crippen LogP contribution < -0.4 is 0 Å². The van der Waals surface area contributed by atoms with Gasteiger partial charge in [0.2, 0.25) is 0 Å². The standard InChI is InChI=1S/C11H16F6O7S/c1-3-6(23-7(18)4-2)8(19)24-9(10(12,13)14,11(15,16)17)5-25(20,21)22/h4,6-8,18-19H,2-3,5H2,1H3,(H,20,21,22)/p-1/t6?,7-,8+/m1/s1. The summed E-state index contributed by atoms with van der Waals surface area (Å²) in [6, 6.07) is 0. The van der Waals surface area contributed by atoms with Gasteiger partial charge in [0.25, 0.3) is 5.60 Å². The van der Waals surface area contributed by atoms with Gasteiger partial charge >= 0.3 is 12.4 Å². The van der Waals surface area contributed by atoms with E-state index in [0.717, 1.165) is 6.92 Å². The number of aliphatic hydroxyl groups excluding tert-OH is 2. The first-order valence-corrected chi connectivity index (χ1v) is 7.97.